The van der Waals surface area contributed by atoms with Crippen LogP contribution in [0.25, 0.3) is 0 Å². The van der Waals surface area contributed by atoms with Gasteiger partial charge >= 0.3 is 0 Å². The lowest BCUT2D eigenvalue weighted by molar-refractivity contribution is 0.475. The lowest BCUT2D eigenvalue weighted by Gasteiger charge is -2.18. The highest BCUT2D eigenvalue weighted by atomic mass is 15.0. The van der Waals surface area contributed by atoms with E-state index in [-0.39, 0.29) is 0 Å². The lowest BCUT2D eigenvalue weighted by Crippen LogP contribution is -2.22. The SMILES string of the molecule is CCCCC(NCc1ccnc(C(C)C)n1)c1cccnc1. The van der Waals surface area contributed by atoms with Gasteiger partial charge in [0.05, 0.1) is 5.69 Å². The molecule has 1 atom stereocenters. The molecule has 0 aromatic carbocycles. The molecule has 0 aliphatic rings. The molecule has 0 radical (unpaired) electrons. The van der Waals surface area contributed by atoms with Gasteiger partial charge in [-0.05, 0) is 24.1 Å². The predicted molar refractivity (Wildman–Crippen MR) is 89.5 cm³/mol. The van der Waals surface area contributed by atoms with E-state index in [0.717, 1.165) is 24.5 Å². The van der Waals surface area contributed by atoms with E-state index in [2.05, 4.69) is 47.1 Å². The van der Waals surface area contributed by atoms with Crippen molar-refractivity contribution in [1.82, 2.24) is 20.3 Å². The van der Waals surface area contributed by atoms with Crippen molar-refractivity contribution in [3.05, 3.63) is 53.9 Å². The Morgan fingerprint density at radius 1 is 1.18 bits per heavy atom. The zero-order valence-electron chi connectivity index (χ0n) is 13.8. The highest BCUT2D eigenvalue weighted by molar-refractivity contribution is 5.14. The first-order chi connectivity index (χ1) is 10.7. The van der Waals surface area contributed by atoms with Crippen LogP contribution in [-0.2, 0) is 6.54 Å². The van der Waals surface area contributed by atoms with Gasteiger partial charge in [0.2, 0.25) is 0 Å². The Hall–Kier alpha value is -1.81. The second-order valence-electron chi connectivity index (χ2n) is 5.92. The van der Waals surface area contributed by atoms with Gasteiger partial charge in [-0.25, -0.2) is 9.97 Å². The maximum atomic E-state index is 4.63. The fourth-order valence-corrected chi connectivity index (χ4v) is 2.39. The monoisotopic (exact) mass is 298 g/mol. The van der Waals surface area contributed by atoms with Gasteiger partial charge in [-0.2, -0.15) is 0 Å². The molecule has 2 rings (SSSR count). The second kappa shape index (κ2) is 8.59. The van der Waals surface area contributed by atoms with Gasteiger partial charge in [0.15, 0.2) is 0 Å². The number of nitrogens with one attached hydrogen (secondary N) is 1. The molecule has 4 heteroatoms. The van der Waals surface area contributed by atoms with E-state index in [0.29, 0.717) is 12.0 Å². The number of hydrogen-bond acceptors (Lipinski definition) is 4. The summed E-state index contributed by atoms with van der Waals surface area (Å²) in [5, 5.41) is 3.62. The number of pyridine rings is 1. The van der Waals surface area contributed by atoms with Gasteiger partial charge in [0, 0.05) is 37.1 Å². The smallest absolute Gasteiger partial charge is 0.131 e. The minimum absolute atomic E-state index is 0.325. The molecule has 1 unspecified atom stereocenters. The summed E-state index contributed by atoms with van der Waals surface area (Å²) in [6, 6.07) is 6.45. The Morgan fingerprint density at radius 2 is 2.05 bits per heavy atom. The molecule has 2 aromatic heterocycles. The highest BCUT2D eigenvalue weighted by Gasteiger charge is 2.11. The maximum Gasteiger partial charge on any atom is 0.131 e. The zero-order valence-corrected chi connectivity index (χ0v) is 13.8. The molecule has 0 fully saturated rings. The number of nitrogens with zero attached hydrogens (tertiary/aromatic N) is 3. The minimum Gasteiger partial charge on any atom is -0.304 e. The standard InChI is InChI=1S/C18H26N4/c1-4-5-8-17(15-7-6-10-19-12-15)21-13-16-9-11-20-18(22-16)14(2)3/h6-7,9-12,14,17,21H,4-5,8,13H2,1-3H3. The molecule has 2 aromatic rings. The molecule has 0 aliphatic heterocycles. The van der Waals surface area contributed by atoms with Crippen LogP contribution < -0.4 is 5.32 Å². The third-order valence-corrected chi connectivity index (χ3v) is 3.71. The Morgan fingerprint density at radius 3 is 2.73 bits per heavy atom. The van der Waals surface area contributed by atoms with Crippen molar-refractivity contribution in [3.8, 4) is 0 Å². The summed E-state index contributed by atoms with van der Waals surface area (Å²) in [5.41, 5.74) is 2.29. The quantitative estimate of drug-likeness (QED) is 0.800. The normalized spacial score (nSPS) is 12.5. The topological polar surface area (TPSA) is 50.7 Å². The van der Waals surface area contributed by atoms with E-state index in [1.807, 2.05) is 30.7 Å². The van der Waals surface area contributed by atoms with E-state index in [4.69, 9.17) is 0 Å². The van der Waals surface area contributed by atoms with Gasteiger partial charge in [-0.3, -0.25) is 4.98 Å². The van der Waals surface area contributed by atoms with Crippen LogP contribution in [0.3, 0.4) is 0 Å². The van der Waals surface area contributed by atoms with Crippen LogP contribution in [0.15, 0.2) is 36.8 Å². The Labute approximate surface area is 133 Å². The van der Waals surface area contributed by atoms with Gasteiger partial charge in [-0.1, -0.05) is 39.7 Å². The number of rotatable bonds is 8. The second-order valence-corrected chi connectivity index (χ2v) is 5.92. The molecular formula is C18H26N4. The molecule has 2 heterocycles. The molecule has 118 valence electrons. The fraction of sp³-hybridized carbons (Fsp3) is 0.500. The summed E-state index contributed by atoms with van der Waals surface area (Å²) in [6.45, 7) is 7.21. The molecule has 0 saturated heterocycles. The largest absolute Gasteiger partial charge is 0.304 e. The van der Waals surface area contributed by atoms with Crippen molar-refractivity contribution in [2.24, 2.45) is 0 Å². The van der Waals surface area contributed by atoms with E-state index in [9.17, 15) is 0 Å². The molecule has 1 N–H and O–H groups in total. The Bertz CT molecular complexity index is 554. The first-order valence-corrected chi connectivity index (χ1v) is 8.15. The van der Waals surface area contributed by atoms with E-state index < -0.39 is 0 Å². The molecular weight excluding hydrogens is 272 g/mol. The van der Waals surface area contributed by atoms with Gasteiger partial charge < -0.3 is 5.32 Å². The average molecular weight is 298 g/mol. The maximum absolute atomic E-state index is 4.63. The molecule has 22 heavy (non-hydrogen) atoms. The van der Waals surface area contributed by atoms with Gasteiger partial charge in [0.1, 0.15) is 5.82 Å². The Kier molecular flexibility index (Phi) is 6.46. The fourth-order valence-electron chi connectivity index (χ4n) is 2.39. The number of aromatic nitrogens is 3. The van der Waals surface area contributed by atoms with Crippen molar-refractivity contribution >= 4 is 0 Å². The molecule has 0 aliphatic carbocycles. The summed E-state index contributed by atoms with van der Waals surface area (Å²) in [7, 11) is 0. The van der Waals surface area contributed by atoms with Crippen molar-refractivity contribution in [3.63, 3.8) is 0 Å². The van der Waals surface area contributed by atoms with Crippen LogP contribution >= 0.6 is 0 Å². The van der Waals surface area contributed by atoms with E-state index in [1.54, 1.807) is 0 Å². The molecule has 4 nitrogen and oxygen atoms in total. The van der Waals surface area contributed by atoms with Crippen LogP contribution in [0.1, 0.15) is 69.1 Å². The molecule has 0 bridgehead atoms. The summed E-state index contributed by atoms with van der Waals surface area (Å²) in [5.74, 6) is 1.26. The molecule has 0 saturated carbocycles. The summed E-state index contributed by atoms with van der Waals surface area (Å²) < 4.78 is 0. The van der Waals surface area contributed by atoms with E-state index >= 15 is 0 Å². The predicted octanol–water partition coefficient (Wildman–Crippen LogP) is 4.02. The van der Waals surface area contributed by atoms with Gasteiger partial charge in [0.25, 0.3) is 0 Å². The van der Waals surface area contributed by atoms with E-state index in [1.165, 1.54) is 18.4 Å². The average Bonchev–Trinajstić information content (AvgIpc) is 2.56. The first kappa shape index (κ1) is 16.6. The van der Waals surface area contributed by atoms with Crippen LogP contribution in [0.5, 0.6) is 0 Å². The van der Waals surface area contributed by atoms with Crippen molar-refractivity contribution < 1.29 is 0 Å². The zero-order chi connectivity index (χ0) is 15.8. The molecule has 0 amide bonds. The van der Waals surface area contributed by atoms with Crippen LogP contribution in [0.2, 0.25) is 0 Å². The van der Waals surface area contributed by atoms with Crippen molar-refractivity contribution in [1.29, 1.82) is 0 Å². The van der Waals surface area contributed by atoms with Crippen molar-refractivity contribution in [2.75, 3.05) is 0 Å². The third kappa shape index (κ3) is 4.88. The van der Waals surface area contributed by atoms with Gasteiger partial charge in [-0.15, -0.1) is 0 Å². The first-order valence-electron chi connectivity index (χ1n) is 8.15. The summed E-state index contributed by atoms with van der Waals surface area (Å²) >= 11 is 0. The molecule has 0 spiro atoms. The highest BCUT2D eigenvalue weighted by Crippen LogP contribution is 2.19. The summed E-state index contributed by atoms with van der Waals surface area (Å²) in [6.07, 6.45) is 9.14. The summed E-state index contributed by atoms with van der Waals surface area (Å²) in [4.78, 5) is 13.2. The lowest BCUT2D eigenvalue weighted by atomic mass is 10.0. The number of hydrogen-bond donors (Lipinski definition) is 1. The van der Waals surface area contributed by atoms with Crippen LogP contribution in [-0.4, -0.2) is 15.0 Å². The van der Waals surface area contributed by atoms with Crippen LogP contribution in [0.4, 0.5) is 0 Å². The minimum atomic E-state index is 0.325. The third-order valence-electron chi connectivity index (χ3n) is 3.71. The Balaban J connectivity index is 2.03. The number of unbranched alkanes of at least 4 members (excludes halogenated alkanes) is 1. The van der Waals surface area contributed by atoms with Crippen molar-refractivity contribution in [2.45, 2.75) is 58.5 Å². The van der Waals surface area contributed by atoms with Crippen LogP contribution in [0, 0.1) is 0 Å².